The summed E-state index contributed by atoms with van der Waals surface area (Å²) in [4.78, 5) is 29.9. The average molecular weight is 370 g/mol. The average Bonchev–Trinajstić information content (AvgIpc) is 2.61. The summed E-state index contributed by atoms with van der Waals surface area (Å²) in [6, 6.07) is -0.0431. The minimum absolute atomic E-state index is 0.0338. The van der Waals surface area contributed by atoms with E-state index in [4.69, 9.17) is 9.47 Å². The molecular weight excluding hydrogens is 336 g/mol. The number of alkyl carbamates (subject to hydrolysis) is 1. The summed E-state index contributed by atoms with van der Waals surface area (Å²) < 4.78 is 9.82. The van der Waals surface area contributed by atoms with Gasteiger partial charge >= 0.3 is 12.1 Å². The molecule has 0 radical (unpaired) electrons. The minimum Gasteiger partial charge on any atom is -0.469 e. The number of methoxy groups -OCH3 is 1. The highest BCUT2D eigenvalue weighted by molar-refractivity contribution is 5.80. The molecular formula is C18H34N4O4. The monoisotopic (exact) mass is 370 g/mol. The smallest absolute Gasteiger partial charge is 0.407 e. The molecule has 0 aromatic rings. The highest BCUT2D eigenvalue weighted by Crippen LogP contribution is 2.18. The zero-order chi connectivity index (χ0) is 19.5. The normalized spacial score (nSPS) is 17.0. The van der Waals surface area contributed by atoms with Crippen LogP contribution in [0.3, 0.4) is 0 Å². The highest BCUT2D eigenvalue weighted by Gasteiger charge is 2.27. The maximum atomic E-state index is 11.7. The number of carbonyl (C=O) groups excluding carboxylic acids is 2. The van der Waals surface area contributed by atoms with Gasteiger partial charge in [-0.15, -0.1) is 0 Å². The Morgan fingerprint density at radius 3 is 2.42 bits per heavy atom. The van der Waals surface area contributed by atoms with E-state index in [0.29, 0.717) is 19.1 Å². The quantitative estimate of drug-likeness (QED) is 0.402. The zero-order valence-corrected chi connectivity index (χ0v) is 16.7. The molecule has 1 saturated heterocycles. The number of piperidine rings is 1. The molecule has 0 bridgehead atoms. The lowest BCUT2D eigenvalue weighted by Crippen LogP contribution is -2.51. The number of rotatable bonds is 7. The van der Waals surface area contributed by atoms with Gasteiger partial charge in [0.05, 0.1) is 19.6 Å². The molecule has 1 aliphatic rings. The Bertz CT molecular complexity index is 474. The van der Waals surface area contributed by atoms with Crippen LogP contribution in [0.25, 0.3) is 0 Å². The summed E-state index contributed by atoms with van der Waals surface area (Å²) in [7, 11) is 3.17. The second-order valence-corrected chi connectivity index (χ2v) is 6.90. The molecule has 1 fully saturated rings. The molecule has 26 heavy (non-hydrogen) atoms. The molecule has 1 aliphatic heterocycles. The number of nitrogens with one attached hydrogen (secondary N) is 2. The zero-order valence-electron chi connectivity index (χ0n) is 16.7. The molecule has 0 aliphatic carbocycles. The molecule has 8 nitrogen and oxygen atoms in total. The van der Waals surface area contributed by atoms with Gasteiger partial charge in [-0.1, -0.05) is 13.8 Å². The van der Waals surface area contributed by atoms with E-state index in [9.17, 15) is 9.59 Å². The van der Waals surface area contributed by atoms with Gasteiger partial charge in [0.1, 0.15) is 0 Å². The van der Waals surface area contributed by atoms with Crippen molar-refractivity contribution >= 4 is 18.0 Å². The topological polar surface area (TPSA) is 92.3 Å². The fraction of sp³-hybridized carbons (Fsp3) is 0.833. The van der Waals surface area contributed by atoms with Crippen LogP contribution in [0.1, 0.15) is 40.0 Å². The van der Waals surface area contributed by atoms with Crippen molar-refractivity contribution in [2.75, 3.05) is 40.4 Å². The summed E-state index contributed by atoms with van der Waals surface area (Å²) >= 11 is 0. The van der Waals surface area contributed by atoms with Gasteiger partial charge in [0.25, 0.3) is 0 Å². The predicted octanol–water partition coefficient (Wildman–Crippen LogP) is 1.61. The molecule has 150 valence electrons. The molecule has 8 heteroatoms. The number of nitrogens with zero attached hydrogens (tertiary/aromatic N) is 2. The van der Waals surface area contributed by atoms with Gasteiger partial charge < -0.3 is 25.0 Å². The van der Waals surface area contributed by atoms with E-state index in [0.717, 1.165) is 38.3 Å². The summed E-state index contributed by atoms with van der Waals surface area (Å²) in [5, 5.41) is 6.24. The Morgan fingerprint density at radius 2 is 1.92 bits per heavy atom. The van der Waals surface area contributed by atoms with Crippen LogP contribution in [0.2, 0.25) is 0 Å². The molecule has 0 spiro atoms. The highest BCUT2D eigenvalue weighted by atomic mass is 16.5. The number of carbonyl (C=O) groups is 2. The van der Waals surface area contributed by atoms with Crippen LogP contribution in [-0.2, 0) is 14.3 Å². The van der Waals surface area contributed by atoms with Crippen molar-refractivity contribution in [2.24, 2.45) is 16.8 Å². The van der Waals surface area contributed by atoms with Crippen LogP contribution >= 0.6 is 0 Å². The van der Waals surface area contributed by atoms with Crippen LogP contribution in [0.5, 0.6) is 0 Å². The van der Waals surface area contributed by atoms with Crippen molar-refractivity contribution in [3.63, 3.8) is 0 Å². The van der Waals surface area contributed by atoms with Gasteiger partial charge in [0.15, 0.2) is 5.96 Å². The number of hydrogen-bond acceptors (Lipinski definition) is 5. The lowest BCUT2D eigenvalue weighted by atomic mass is 9.97. The summed E-state index contributed by atoms with van der Waals surface area (Å²) in [6.07, 6.45) is 1.95. The van der Waals surface area contributed by atoms with E-state index >= 15 is 0 Å². The molecule has 1 heterocycles. The number of guanidine groups is 1. The predicted molar refractivity (Wildman–Crippen MR) is 101 cm³/mol. The number of esters is 1. The standard InChI is InChI=1S/C18H34N4O4/c1-6-26-18(24)21-15(11-13(2)3)12-20-17(19-4)22-9-7-14(8-10-22)16(23)25-5/h13-15H,6-12H2,1-5H3,(H,19,20)(H,21,24). The van der Waals surface area contributed by atoms with Crippen LogP contribution in [0.4, 0.5) is 4.79 Å². The maximum Gasteiger partial charge on any atom is 0.407 e. The van der Waals surface area contributed by atoms with Crippen LogP contribution in [-0.4, -0.2) is 69.4 Å². The molecule has 1 rings (SSSR count). The Balaban J connectivity index is 2.54. The van der Waals surface area contributed by atoms with E-state index in [1.807, 2.05) is 0 Å². The maximum absolute atomic E-state index is 11.7. The van der Waals surface area contributed by atoms with Gasteiger partial charge in [-0.25, -0.2) is 4.79 Å². The lowest BCUT2D eigenvalue weighted by molar-refractivity contribution is -0.146. The molecule has 1 amide bonds. The molecule has 1 atom stereocenters. The largest absolute Gasteiger partial charge is 0.469 e. The SMILES string of the molecule is CCOC(=O)NC(CNC(=NC)N1CCC(C(=O)OC)CC1)CC(C)C. The first kappa shape index (κ1) is 22.1. The van der Waals surface area contributed by atoms with Crippen molar-refractivity contribution in [1.82, 2.24) is 15.5 Å². The second-order valence-electron chi connectivity index (χ2n) is 6.90. The first-order valence-electron chi connectivity index (χ1n) is 9.37. The molecule has 1 unspecified atom stereocenters. The van der Waals surface area contributed by atoms with E-state index in [1.54, 1.807) is 14.0 Å². The fourth-order valence-corrected chi connectivity index (χ4v) is 3.14. The Kier molecular flexibility index (Phi) is 9.83. The summed E-state index contributed by atoms with van der Waals surface area (Å²) in [5.41, 5.74) is 0. The van der Waals surface area contributed by atoms with Crippen molar-refractivity contribution in [1.29, 1.82) is 0 Å². The third-order valence-corrected chi connectivity index (χ3v) is 4.40. The summed E-state index contributed by atoms with van der Waals surface area (Å²) in [5.74, 6) is 1.06. The number of amides is 1. The van der Waals surface area contributed by atoms with E-state index in [-0.39, 0.29) is 17.9 Å². The first-order chi connectivity index (χ1) is 12.4. The van der Waals surface area contributed by atoms with Crippen LogP contribution < -0.4 is 10.6 Å². The third-order valence-electron chi connectivity index (χ3n) is 4.40. The molecule has 2 N–H and O–H groups in total. The fourth-order valence-electron chi connectivity index (χ4n) is 3.14. The lowest BCUT2D eigenvalue weighted by Gasteiger charge is -2.34. The molecule has 0 aromatic heterocycles. The molecule has 0 saturated carbocycles. The van der Waals surface area contributed by atoms with Gasteiger partial charge in [-0.05, 0) is 32.1 Å². The van der Waals surface area contributed by atoms with E-state index in [1.165, 1.54) is 7.11 Å². The Morgan fingerprint density at radius 1 is 1.27 bits per heavy atom. The van der Waals surface area contributed by atoms with E-state index in [2.05, 4.69) is 34.4 Å². The third kappa shape index (κ3) is 7.49. The molecule has 0 aromatic carbocycles. The number of aliphatic imine (C=N–C) groups is 1. The van der Waals surface area contributed by atoms with Crippen LogP contribution in [0, 0.1) is 11.8 Å². The first-order valence-corrected chi connectivity index (χ1v) is 9.37. The second kappa shape index (κ2) is 11.6. The Hall–Kier alpha value is -1.99. The number of hydrogen-bond donors (Lipinski definition) is 2. The van der Waals surface area contributed by atoms with Crippen molar-refractivity contribution in [3.05, 3.63) is 0 Å². The Labute approximate surface area is 156 Å². The van der Waals surface area contributed by atoms with Gasteiger partial charge in [0, 0.05) is 32.7 Å². The van der Waals surface area contributed by atoms with E-state index < -0.39 is 6.09 Å². The summed E-state index contributed by atoms with van der Waals surface area (Å²) in [6.45, 7) is 8.44. The number of likely N-dealkylation sites (tertiary alicyclic amines) is 1. The number of ether oxygens (including phenoxy) is 2. The van der Waals surface area contributed by atoms with Crippen LogP contribution in [0.15, 0.2) is 4.99 Å². The van der Waals surface area contributed by atoms with Gasteiger partial charge in [-0.3, -0.25) is 9.79 Å². The van der Waals surface area contributed by atoms with Gasteiger partial charge in [0.2, 0.25) is 0 Å². The van der Waals surface area contributed by atoms with Crippen molar-refractivity contribution < 1.29 is 19.1 Å². The van der Waals surface area contributed by atoms with Crippen molar-refractivity contribution in [2.45, 2.75) is 46.1 Å². The minimum atomic E-state index is -0.395. The van der Waals surface area contributed by atoms with Gasteiger partial charge in [-0.2, -0.15) is 0 Å². The van der Waals surface area contributed by atoms with Crippen molar-refractivity contribution in [3.8, 4) is 0 Å².